The molecule has 0 saturated carbocycles. The zero-order chi connectivity index (χ0) is 13.1. The van der Waals surface area contributed by atoms with Gasteiger partial charge in [-0.2, -0.15) is 0 Å². The molecule has 17 heavy (non-hydrogen) atoms. The van der Waals surface area contributed by atoms with Gasteiger partial charge in [0.15, 0.2) is 0 Å². The minimum atomic E-state index is -0.465. The molecule has 0 unspecified atom stereocenters. The van der Waals surface area contributed by atoms with Crippen LogP contribution in [0.1, 0.15) is 24.2 Å². The fraction of sp³-hybridized carbons (Fsp3) is 0.417. The van der Waals surface area contributed by atoms with Crippen molar-refractivity contribution in [3.05, 3.63) is 34.6 Å². The van der Waals surface area contributed by atoms with Gasteiger partial charge in [-0.25, -0.2) is 4.39 Å². The molecule has 94 valence electrons. The fourth-order valence-corrected chi connectivity index (χ4v) is 1.48. The Hall–Kier alpha value is -0.800. The van der Waals surface area contributed by atoms with Gasteiger partial charge in [0, 0.05) is 12.4 Å². The van der Waals surface area contributed by atoms with Crippen molar-refractivity contribution in [2.75, 3.05) is 12.4 Å². The van der Waals surface area contributed by atoms with Crippen LogP contribution in [0, 0.1) is 11.2 Å². The summed E-state index contributed by atoms with van der Waals surface area (Å²) >= 11 is 11.5. The van der Waals surface area contributed by atoms with Gasteiger partial charge in [0.05, 0.1) is 10.6 Å². The van der Waals surface area contributed by atoms with E-state index in [-0.39, 0.29) is 21.9 Å². The smallest absolute Gasteiger partial charge is 0.252 e. The molecule has 0 saturated heterocycles. The Morgan fingerprint density at radius 3 is 2.65 bits per heavy atom. The standard InChI is InChI=1S/C12H14Cl2FNO/c1-12(2,6-13)7-16-11(17)9-4-3-8(15)5-10(9)14/h3-5H,6-7H2,1-2H3,(H,16,17). The third-order valence-corrected chi connectivity index (χ3v) is 3.30. The molecule has 0 bridgehead atoms. The van der Waals surface area contributed by atoms with Gasteiger partial charge in [0.1, 0.15) is 5.82 Å². The summed E-state index contributed by atoms with van der Waals surface area (Å²) in [4.78, 5) is 11.8. The first-order chi connectivity index (χ1) is 7.85. The van der Waals surface area contributed by atoms with Gasteiger partial charge in [-0.15, -0.1) is 11.6 Å². The van der Waals surface area contributed by atoms with E-state index in [9.17, 15) is 9.18 Å². The summed E-state index contributed by atoms with van der Waals surface area (Å²) < 4.78 is 12.8. The topological polar surface area (TPSA) is 29.1 Å². The highest BCUT2D eigenvalue weighted by atomic mass is 35.5. The second-order valence-electron chi connectivity index (χ2n) is 4.60. The molecule has 0 radical (unpaired) electrons. The Morgan fingerprint density at radius 2 is 2.12 bits per heavy atom. The van der Waals surface area contributed by atoms with Crippen molar-refractivity contribution >= 4 is 29.1 Å². The molecule has 0 aliphatic carbocycles. The molecular weight excluding hydrogens is 264 g/mol. The van der Waals surface area contributed by atoms with Gasteiger partial charge >= 0.3 is 0 Å². The Kier molecular flexibility index (Phi) is 4.78. The zero-order valence-electron chi connectivity index (χ0n) is 9.69. The number of nitrogens with one attached hydrogen (secondary N) is 1. The van der Waals surface area contributed by atoms with Crippen molar-refractivity contribution in [2.45, 2.75) is 13.8 Å². The van der Waals surface area contributed by atoms with E-state index in [2.05, 4.69) is 5.32 Å². The van der Waals surface area contributed by atoms with Crippen LogP contribution in [-0.4, -0.2) is 18.3 Å². The van der Waals surface area contributed by atoms with Crippen LogP contribution >= 0.6 is 23.2 Å². The van der Waals surface area contributed by atoms with Crippen LogP contribution in [0.2, 0.25) is 5.02 Å². The summed E-state index contributed by atoms with van der Waals surface area (Å²) in [5.74, 6) is -0.356. The Labute approximate surface area is 110 Å². The second kappa shape index (κ2) is 5.69. The summed E-state index contributed by atoms with van der Waals surface area (Å²) in [5.41, 5.74) is 0.0717. The number of amides is 1. The highest BCUT2D eigenvalue weighted by Crippen LogP contribution is 2.19. The van der Waals surface area contributed by atoms with E-state index in [4.69, 9.17) is 23.2 Å². The maximum atomic E-state index is 12.8. The lowest BCUT2D eigenvalue weighted by molar-refractivity contribution is 0.0940. The van der Waals surface area contributed by atoms with E-state index >= 15 is 0 Å². The van der Waals surface area contributed by atoms with Gasteiger partial charge in [-0.05, 0) is 23.6 Å². The van der Waals surface area contributed by atoms with Gasteiger partial charge in [0.25, 0.3) is 5.91 Å². The summed E-state index contributed by atoms with van der Waals surface area (Å²) in [6.07, 6.45) is 0. The maximum absolute atomic E-state index is 12.8. The molecule has 0 aliphatic heterocycles. The Bertz CT molecular complexity index is 421. The van der Waals surface area contributed by atoms with E-state index in [1.165, 1.54) is 12.1 Å². The van der Waals surface area contributed by atoms with Crippen LogP contribution in [0.3, 0.4) is 0 Å². The number of hydrogen-bond acceptors (Lipinski definition) is 1. The summed E-state index contributed by atoms with van der Waals surface area (Å²) in [5, 5.41) is 2.82. The van der Waals surface area contributed by atoms with Crippen LogP contribution < -0.4 is 5.32 Å². The molecule has 1 aromatic rings. The largest absolute Gasteiger partial charge is 0.351 e. The molecule has 0 fully saturated rings. The van der Waals surface area contributed by atoms with E-state index in [0.29, 0.717) is 12.4 Å². The summed E-state index contributed by atoms with van der Waals surface area (Å²) in [6.45, 7) is 4.31. The highest BCUT2D eigenvalue weighted by molar-refractivity contribution is 6.33. The third kappa shape index (κ3) is 4.17. The maximum Gasteiger partial charge on any atom is 0.252 e. The molecule has 0 aromatic heterocycles. The predicted octanol–water partition coefficient (Wildman–Crippen LogP) is 3.47. The van der Waals surface area contributed by atoms with Crippen LogP contribution in [0.15, 0.2) is 18.2 Å². The molecule has 1 N–H and O–H groups in total. The van der Waals surface area contributed by atoms with E-state index in [0.717, 1.165) is 6.07 Å². The fourth-order valence-electron chi connectivity index (χ4n) is 1.14. The first kappa shape index (κ1) is 14.3. The highest BCUT2D eigenvalue weighted by Gasteiger charge is 2.19. The Morgan fingerprint density at radius 1 is 1.47 bits per heavy atom. The average molecular weight is 278 g/mol. The number of benzene rings is 1. The van der Waals surface area contributed by atoms with Crippen molar-refractivity contribution in [1.82, 2.24) is 5.32 Å². The average Bonchev–Trinajstić information content (AvgIpc) is 2.26. The normalized spacial score (nSPS) is 11.4. The van der Waals surface area contributed by atoms with Crippen LogP contribution in [0.4, 0.5) is 4.39 Å². The number of carbonyl (C=O) groups excluding carboxylic acids is 1. The van der Waals surface area contributed by atoms with Crippen molar-refractivity contribution in [3.63, 3.8) is 0 Å². The molecule has 0 heterocycles. The number of halogens is 3. The monoisotopic (exact) mass is 277 g/mol. The quantitative estimate of drug-likeness (QED) is 0.839. The van der Waals surface area contributed by atoms with Crippen molar-refractivity contribution < 1.29 is 9.18 Å². The SMILES string of the molecule is CC(C)(CCl)CNC(=O)c1ccc(F)cc1Cl. The summed E-state index contributed by atoms with van der Waals surface area (Å²) in [7, 11) is 0. The molecule has 5 heteroatoms. The van der Waals surface area contributed by atoms with Crippen LogP contribution in [-0.2, 0) is 0 Å². The molecular formula is C12H14Cl2FNO. The van der Waals surface area contributed by atoms with Crippen molar-refractivity contribution in [2.24, 2.45) is 5.41 Å². The lowest BCUT2D eigenvalue weighted by Gasteiger charge is -2.21. The van der Waals surface area contributed by atoms with Gasteiger partial charge in [-0.1, -0.05) is 25.4 Å². The second-order valence-corrected chi connectivity index (χ2v) is 5.28. The number of carbonyl (C=O) groups is 1. The van der Waals surface area contributed by atoms with Gasteiger partial charge < -0.3 is 5.32 Å². The van der Waals surface area contributed by atoms with E-state index < -0.39 is 5.82 Å². The van der Waals surface area contributed by atoms with E-state index in [1.54, 1.807) is 0 Å². The molecule has 1 amide bonds. The molecule has 2 nitrogen and oxygen atoms in total. The van der Waals surface area contributed by atoms with Gasteiger partial charge in [-0.3, -0.25) is 4.79 Å². The van der Waals surface area contributed by atoms with Crippen molar-refractivity contribution in [3.8, 4) is 0 Å². The van der Waals surface area contributed by atoms with Crippen molar-refractivity contribution in [1.29, 1.82) is 0 Å². The lowest BCUT2D eigenvalue weighted by atomic mass is 9.96. The lowest BCUT2D eigenvalue weighted by Crippen LogP contribution is -2.35. The molecule has 0 spiro atoms. The first-order valence-electron chi connectivity index (χ1n) is 5.15. The molecule has 0 atom stereocenters. The predicted molar refractivity (Wildman–Crippen MR) is 68.2 cm³/mol. The third-order valence-electron chi connectivity index (χ3n) is 2.27. The minimum Gasteiger partial charge on any atom is -0.351 e. The van der Waals surface area contributed by atoms with Crippen LogP contribution in [0.25, 0.3) is 0 Å². The van der Waals surface area contributed by atoms with Gasteiger partial charge in [0.2, 0.25) is 0 Å². The zero-order valence-corrected chi connectivity index (χ0v) is 11.2. The number of alkyl halides is 1. The first-order valence-corrected chi connectivity index (χ1v) is 6.06. The minimum absolute atomic E-state index is 0.103. The molecule has 1 aromatic carbocycles. The Balaban J connectivity index is 2.71. The number of rotatable bonds is 4. The molecule has 0 aliphatic rings. The van der Waals surface area contributed by atoms with Crippen LogP contribution in [0.5, 0.6) is 0 Å². The number of hydrogen-bond donors (Lipinski definition) is 1. The summed E-state index contributed by atoms with van der Waals surface area (Å²) in [6, 6.07) is 3.68. The molecule has 1 rings (SSSR count). The van der Waals surface area contributed by atoms with E-state index in [1.807, 2.05) is 13.8 Å².